The SMILES string of the molecule is Nc1[nH]c(=O)c(C(=O)O)c(-c2ccc(OCC(=O)NCC3CCCO3)cc2)c1C(=O)O. The van der Waals surface area contributed by atoms with Crippen molar-refractivity contribution in [2.75, 3.05) is 25.5 Å². The second-order valence-corrected chi connectivity index (χ2v) is 6.86. The Bertz CT molecular complexity index is 1060. The van der Waals surface area contributed by atoms with Crippen LogP contribution in [0.15, 0.2) is 29.1 Å². The summed E-state index contributed by atoms with van der Waals surface area (Å²) in [5, 5.41) is 21.6. The molecule has 164 valence electrons. The third kappa shape index (κ3) is 5.01. The molecule has 1 aromatic carbocycles. The monoisotopic (exact) mass is 431 g/mol. The maximum atomic E-state index is 12.1. The lowest BCUT2D eigenvalue weighted by Gasteiger charge is -2.13. The van der Waals surface area contributed by atoms with Gasteiger partial charge in [-0.05, 0) is 30.5 Å². The summed E-state index contributed by atoms with van der Waals surface area (Å²) < 4.78 is 10.8. The highest BCUT2D eigenvalue weighted by molar-refractivity contribution is 6.07. The van der Waals surface area contributed by atoms with Gasteiger partial charge in [0.25, 0.3) is 11.5 Å². The highest BCUT2D eigenvalue weighted by Gasteiger charge is 2.26. The summed E-state index contributed by atoms with van der Waals surface area (Å²) in [6, 6.07) is 5.62. The average Bonchev–Trinajstić information content (AvgIpc) is 3.23. The van der Waals surface area contributed by atoms with Gasteiger partial charge in [-0.1, -0.05) is 12.1 Å². The van der Waals surface area contributed by atoms with Crippen molar-refractivity contribution in [3.05, 3.63) is 45.7 Å². The molecule has 1 unspecified atom stereocenters. The molecule has 1 aliphatic heterocycles. The van der Waals surface area contributed by atoms with E-state index in [1.54, 1.807) is 0 Å². The van der Waals surface area contributed by atoms with Gasteiger partial charge in [0.15, 0.2) is 6.61 Å². The molecule has 0 radical (unpaired) electrons. The van der Waals surface area contributed by atoms with Gasteiger partial charge in [-0.2, -0.15) is 0 Å². The van der Waals surface area contributed by atoms with E-state index < -0.39 is 34.4 Å². The van der Waals surface area contributed by atoms with Crippen LogP contribution in [-0.2, 0) is 9.53 Å². The van der Waals surface area contributed by atoms with E-state index in [9.17, 15) is 29.4 Å². The first kappa shape index (κ1) is 21.8. The van der Waals surface area contributed by atoms with Gasteiger partial charge in [-0.3, -0.25) is 9.59 Å². The summed E-state index contributed by atoms with van der Waals surface area (Å²) >= 11 is 0. The molecule has 11 nitrogen and oxygen atoms in total. The summed E-state index contributed by atoms with van der Waals surface area (Å²) in [5.74, 6) is -3.58. The number of nitrogen functional groups attached to an aromatic ring is 1. The molecule has 1 fully saturated rings. The van der Waals surface area contributed by atoms with Crippen molar-refractivity contribution in [1.82, 2.24) is 10.3 Å². The number of benzene rings is 1. The minimum absolute atomic E-state index is 0.0107. The number of carboxylic acids is 2. The molecule has 3 rings (SSSR count). The molecule has 0 aliphatic carbocycles. The third-order valence-corrected chi connectivity index (χ3v) is 4.74. The van der Waals surface area contributed by atoms with E-state index in [0.717, 1.165) is 12.8 Å². The van der Waals surface area contributed by atoms with Crippen LogP contribution in [0.2, 0.25) is 0 Å². The Morgan fingerprint density at radius 3 is 2.42 bits per heavy atom. The predicted molar refractivity (Wildman–Crippen MR) is 108 cm³/mol. The van der Waals surface area contributed by atoms with Gasteiger partial charge >= 0.3 is 11.9 Å². The number of carboxylic acid groups (broad SMARTS) is 2. The van der Waals surface area contributed by atoms with E-state index in [1.807, 2.05) is 4.98 Å². The normalized spacial score (nSPS) is 15.4. The van der Waals surface area contributed by atoms with Crippen molar-refractivity contribution in [2.45, 2.75) is 18.9 Å². The summed E-state index contributed by atoms with van der Waals surface area (Å²) in [6.45, 7) is 0.849. The van der Waals surface area contributed by atoms with Crippen LogP contribution in [0.3, 0.4) is 0 Å². The Balaban J connectivity index is 1.77. The van der Waals surface area contributed by atoms with E-state index in [4.69, 9.17) is 15.2 Å². The summed E-state index contributed by atoms with van der Waals surface area (Å²) in [4.78, 5) is 49.2. The molecule has 2 aromatic rings. The number of carbonyl (C=O) groups is 3. The molecule has 6 N–H and O–H groups in total. The Labute approximate surface area is 175 Å². The fraction of sp³-hybridized carbons (Fsp3) is 0.300. The number of nitrogens with one attached hydrogen (secondary N) is 2. The lowest BCUT2D eigenvalue weighted by atomic mass is 9.95. The van der Waals surface area contributed by atoms with Crippen LogP contribution in [0, 0.1) is 0 Å². The lowest BCUT2D eigenvalue weighted by Crippen LogP contribution is -2.35. The number of aromatic nitrogens is 1. The van der Waals surface area contributed by atoms with Gasteiger partial charge < -0.3 is 35.7 Å². The van der Waals surface area contributed by atoms with Gasteiger partial charge in [-0.25, -0.2) is 9.59 Å². The lowest BCUT2D eigenvalue weighted by molar-refractivity contribution is -0.123. The number of hydrogen-bond acceptors (Lipinski definition) is 7. The molecule has 0 bridgehead atoms. The number of aromatic carboxylic acids is 2. The Kier molecular flexibility index (Phi) is 6.55. The van der Waals surface area contributed by atoms with Crippen LogP contribution in [0.25, 0.3) is 11.1 Å². The van der Waals surface area contributed by atoms with E-state index >= 15 is 0 Å². The summed E-state index contributed by atoms with van der Waals surface area (Å²) in [7, 11) is 0. The Morgan fingerprint density at radius 1 is 1.16 bits per heavy atom. The van der Waals surface area contributed by atoms with Crippen LogP contribution in [0.5, 0.6) is 5.75 Å². The van der Waals surface area contributed by atoms with Crippen LogP contribution in [-0.4, -0.2) is 58.9 Å². The Morgan fingerprint density at radius 2 is 1.84 bits per heavy atom. The Hall–Kier alpha value is -3.86. The zero-order valence-electron chi connectivity index (χ0n) is 16.3. The molecule has 1 amide bonds. The minimum Gasteiger partial charge on any atom is -0.484 e. The van der Waals surface area contributed by atoms with Gasteiger partial charge in [0.2, 0.25) is 0 Å². The molecule has 11 heteroatoms. The highest BCUT2D eigenvalue weighted by Crippen LogP contribution is 2.30. The molecule has 1 saturated heterocycles. The topological polar surface area (TPSA) is 181 Å². The van der Waals surface area contributed by atoms with Crippen molar-refractivity contribution < 1.29 is 34.1 Å². The number of rotatable bonds is 8. The van der Waals surface area contributed by atoms with Gasteiger partial charge in [-0.15, -0.1) is 0 Å². The van der Waals surface area contributed by atoms with Crippen LogP contribution < -0.4 is 21.3 Å². The first-order valence-electron chi connectivity index (χ1n) is 9.41. The number of carbonyl (C=O) groups excluding carboxylic acids is 1. The van der Waals surface area contributed by atoms with Crippen molar-refractivity contribution >= 4 is 23.7 Å². The number of aromatic amines is 1. The molecule has 1 aromatic heterocycles. The maximum Gasteiger partial charge on any atom is 0.342 e. The standard InChI is InChI=1S/C20H21N3O8/c21-17-15(19(26)27)14(16(20(28)29)18(25)23-17)10-3-5-11(6-4-10)31-9-13(24)22-8-12-2-1-7-30-12/h3-6,12H,1-2,7-9H2,(H,22,24)(H,26,27)(H,28,29)(H3,21,23,25). The minimum atomic E-state index is -1.60. The fourth-order valence-electron chi connectivity index (χ4n) is 3.29. The van der Waals surface area contributed by atoms with E-state index in [2.05, 4.69) is 5.32 Å². The van der Waals surface area contributed by atoms with Gasteiger partial charge in [0.05, 0.1) is 6.10 Å². The number of ether oxygens (including phenoxy) is 2. The molecule has 0 saturated carbocycles. The number of amides is 1. The fourth-order valence-corrected chi connectivity index (χ4v) is 3.29. The number of pyridine rings is 1. The largest absolute Gasteiger partial charge is 0.484 e. The highest BCUT2D eigenvalue weighted by atomic mass is 16.5. The van der Waals surface area contributed by atoms with Crippen molar-refractivity contribution in [3.8, 4) is 16.9 Å². The number of anilines is 1. The van der Waals surface area contributed by atoms with E-state index in [0.29, 0.717) is 18.9 Å². The number of nitrogens with two attached hydrogens (primary N) is 1. The first-order chi connectivity index (χ1) is 14.8. The zero-order chi connectivity index (χ0) is 22.5. The van der Waals surface area contributed by atoms with E-state index in [1.165, 1.54) is 24.3 Å². The quantitative estimate of drug-likeness (QED) is 0.402. The molecule has 1 atom stereocenters. The molecule has 31 heavy (non-hydrogen) atoms. The zero-order valence-corrected chi connectivity index (χ0v) is 16.3. The smallest absolute Gasteiger partial charge is 0.342 e. The summed E-state index contributed by atoms with van der Waals surface area (Å²) in [6.07, 6.45) is 1.87. The molecule has 1 aliphatic rings. The molecular weight excluding hydrogens is 410 g/mol. The van der Waals surface area contributed by atoms with Crippen LogP contribution in [0.1, 0.15) is 33.6 Å². The average molecular weight is 431 g/mol. The molecular formula is C20H21N3O8. The predicted octanol–water partition coefficient (Wildman–Crippen LogP) is 0.694. The van der Waals surface area contributed by atoms with Crippen molar-refractivity contribution in [3.63, 3.8) is 0 Å². The summed E-state index contributed by atoms with van der Waals surface area (Å²) in [5.41, 5.74) is 3.14. The van der Waals surface area contributed by atoms with Crippen molar-refractivity contribution in [1.29, 1.82) is 0 Å². The number of H-pyrrole nitrogens is 1. The second-order valence-electron chi connectivity index (χ2n) is 6.86. The van der Waals surface area contributed by atoms with Gasteiger partial charge in [0.1, 0.15) is 22.7 Å². The van der Waals surface area contributed by atoms with Crippen LogP contribution >= 0.6 is 0 Å². The van der Waals surface area contributed by atoms with E-state index in [-0.39, 0.29) is 29.7 Å². The number of hydrogen-bond donors (Lipinski definition) is 5. The van der Waals surface area contributed by atoms with Crippen molar-refractivity contribution in [2.24, 2.45) is 0 Å². The second kappa shape index (κ2) is 9.30. The maximum absolute atomic E-state index is 12.1. The molecule has 2 heterocycles. The third-order valence-electron chi connectivity index (χ3n) is 4.74. The van der Waals surface area contributed by atoms with Gasteiger partial charge in [0, 0.05) is 18.7 Å². The van der Waals surface area contributed by atoms with Crippen LogP contribution in [0.4, 0.5) is 5.82 Å². The first-order valence-corrected chi connectivity index (χ1v) is 9.41. The molecule has 0 spiro atoms.